The van der Waals surface area contributed by atoms with Crippen LogP contribution >= 0.6 is 24.8 Å². The second kappa shape index (κ2) is 8.97. The van der Waals surface area contributed by atoms with E-state index in [1.54, 1.807) is 0 Å². The Balaban J connectivity index is 0.00000144. The molecule has 2 heterocycles. The molecule has 5 nitrogen and oxygen atoms in total. The molecule has 0 bridgehead atoms. The van der Waals surface area contributed by atoms with Crippen molar-refractivity contribution in [2.45, 2.75) is 20.0 Å². The van der Waals surface area contributed by atoms with Crippen molar-refractivity contribution in [2.24, 2.45) is 0 Å². The van der Waals surface area contributed by atoms with Gasteiger partial charge in [0, 0.05) is 13.1 Å². The minimum absolute atomic E-state index is 0. The van der Waals surface area contributed by atoms with Crippen molar-refractivity contribution in [3.05, 3.63) is 47.9 Å². The van der Waals surface area contributed by atoms with E-state index in [2.05, 4.69) is 41.0 Å². The number of nitrogens with zero attached hydrogens (tertiary/aromatic N) is 3. The number of nitrogens with one attached hydrogen (secondary N) is 1. The lowest BCUT2D eigenvalue weighted by Gasteiger charge is -2.13. The van der Waals surface area contributed by atoms with Crippen LogP contribution in [0, 0.1) is 6.92 Å². The molecular weight excluding hydrogens is 347 g/mol. The number of furan rings is 1. The number of likely N-dealkylation sites (N-methyl/N-ethyl adjacent to an activating group) is 1. The molecule has 0 aliphatic heterocycles. The van der Waals surface area contributed by atoms with Crippen molar-refractivity contribution >= 4 is 41.8 Å². The Morgan fingerprint density at radius 2 is 1.88 bits per heavy atom. The Bertz CT molecular complexity index is 767. The molecular formula is C17H24Cl2N4O. The van der Waals surface area contributed by atoms with E-state index in [0.29, 0.717) is 6.54 Å². The van der Waals surface area contributed by atoms with Gasteiger partial charge in [0.15, 0.2) is 0 Å². The molecule has 0 spiro atoms. The van der Waals surface area contributed by atoms with Gasteiger partial charge >= 0.3 is 0 Å². The summed E-state index contributed by atoms with van der Waals surface area (Å²) in [7, 11) is 4.16. The third-order valence-corrected chi connectivity index (χ3v) is 3.64. The fraction of sp³-hybridized carbons (Fsp3) is 0.353. The van der Waals surface area contributed by atoms with Crippen molar-refractivity contribution in [1.82, 2.24) is 14.5 Å². The highest BCUT2D eigenvalue weighted by molar-refractivity contribution is 5.85. The number of rotatable bonds is 6. The van der Waals surface area contributed by atoms with Crippen LogP contribution in [0.5, 0.6) is 0 Å². The molecule has 1 N–H and O–H groups in total. The van der Waals surface area contributed by atoms with E-state index in [-0.39, 0.29) is 24.8 Å². The second-order valence-corrected chi connectivity index (χ2v) is 5.74. The Labute approximate surface area is 154 Å². The maximum absolute atomic E-state index is 5.61. The highest BCUT2D eigenvalue weighted by atomic mass is 35.5. The van der Waals surface area contributed by atoms with Crippen LogP contribution in [0.25, 0.3) is 11.0 Å². The monoisotopic (exact) mass is 370 g/mol. The zero-order valence-corrected chi connectivity index (χ0v) is 15.8. The average Bonchev–Trinajstić information content (AvgIpc) is 3.06. The molecule has 0 saturated heterocycles. The maximum atomic E-state index is 5.61. The largest absolute Gasteiger partial charge is 0.465 e. The minimum Gasteiger partial charge on any atom is -0.465 e. The van der Waals surface area contributed by atoms with Gasteiger partial charge in [-0.05, 0) is 45.3 Å². The molecule has 0 fully saturated rings. The van der Waals surface area contributed by atoms with Crippen molar-refractivity contribution in [3.8, 4) is 0 Å². The number of imidazole rings is 1. The topological polar surface area (TPSA) is 46.2 Å². The standard InChI is InChI=1S/C17H22N4O.2ClH/c1-13-8-9-14(22-13)12-18-17-19-15-6-4-5-7-16(15)21(17)11-10-20(2)3;;/h4-9H,10-12H2,1-3H3,(H,18,19);2*1H. The molecule has 2 aromatic heterocycles. The van der Waals surface area contributed by atoms with E-state index in [4.69, 9.17) is 9.40 Å². The van der Waals surface area contributed by atoms with Crippen molar-refractivity contribution < 1.29 is 4.42 Å². The van der Waals surface area contributed by atoms with Crippen LogP contribution in [0.1, 0.15) is 11.5 Å². The Kier molecular flexibility index (Phi) is 7.60. The van der Waals surface area contributed by atoms with Crippen LogP contribution < -0.4 is 5.32 Å². The number of aromatic nitrogens is 2. The second-order valence-electron chi connectivity index (χ2n) is 5.74. The zero-order valence-electron chi connectivity index (χ0n) is 14.2. The molecule has 0 amide bonds. The van der Waals surface area contributed by atoms with E-state index in [9.17, 15) is 0 Å². The van der Waals surface area contributed by atoms with Gasteiger partial charge in [0.1, 0.15) is 11.5 Å². The Morgan fingerprint density at radius 1 is 1.12 bits per heavy atom. The van der Waals surface area contributed by atoms with Crippen molar-refractivity contribution in [1.29, 1.82) is 0 Å². The summed E-state index contributed by atoms with van der Waals surface area (Å²) in [5.41, 5.74) is 2.17. The number of hydrogen-bond acceptors (Lipinski definition) is 4. The molecule has 3 rings (SSSR count). The molecule has 0 aliphatic rings. The first-order valence-corrected chi connectivity index (χ1v) is 7.52. The summed E-state index contributed by atoms with van der Waals surface area (Å²) >= 11 is 0. The van der Waals surface area contributed by atoms with Crippen LogP contribution in [0.15, 0.2) is 40.8 Å². The van der Waals surface area contributed by atoms with Crippen molar-refractivity contribution in [2.75, 3.05) is 26.0 Å². The summed E-state index contributed by atoms with van der Waals surface area (Å²) in [6.45, 7) is 4.46. The van der Waals surface area contributed by atoms with Gasteiger partial charge in [-0.1, -0.05) is 12.1 Å². The summed E-state index contributed by atoms with van der Waals surface area (Å²) in [4.78, 5) is 6.88. The molecule has 3 aromatic rings. The molecule has 24 heavy (non-hydrogen) atoms. The lowest BCUT2D eigenvalue weighted by molar-refractivity contribution is 0.387. The predicted molar refractivity (Wildman–Crippen MR) is 104 cm³/mol. The van der Waals surface area contributed by atoms with Gasteiger partial charge in [-0.15, -0.1) is 24.8 Å². The van der Waals surface area contributed by atoms with E-state index >= 15 is 0 Å². The van der Waals surface area contributed by atoms with Gasteiger partial charge in [-0.25, -0.2) is 4.98 Å². The van der Waals surface area contributed by atoms with E-state index in [1.807, 2.05) is 31.2 Å². The normalized spacial score (nSPS) is 10.5. The first-order chi connectivity index (χ1) is 10.6. The number of anilines is 1. The summed E-state index contributed by atoms with van der Waals surface area (Å²) < 4.78 is 7.84. The Hall–Kier alpha value is -1.69. The van der Waals surface area contributed by atoms with Crippen LogP contribution in [0.4, 0.5) is 5.95 Å². The Morgan fingerprint density at radius 3 is 2.54 bits per heavy atom. The molecule has 132 valence electrons. The number of hydrogen-bond donors (Lipinski definition) is 1. The first kappa shape index (κ1) is 20.4. The zero-order chi connectivity index (χ0) is 15.5. The average molecular weight is 371 g/mol. The lowest BCUT2D eigenvalue weighted by Crippen LogP contribution is -2.19. The van der Waals surface area contributed by atoms with Gasteiger partial charge in [0.25, 0.3) is 0 Å². The van der Waals surface area contributed by atoms with Gasteiger partial charge in [0.2, 0.25) is 5.95 Å². The quantitative estimate of drug-likeness (QED) is 0.713. The smallest absolute Gasteiger partial charge is 0.204 e. The minimum atomic E-state index is 0. The SMILES string of the molecule is Cc1ccc(CNc2nc3ccccc3n2CCN(C)C)o1.Cl.Cl. The fourth-order valence-electron chi connectivity index (χ4n) is 2.48. The lowest BCUT2D eigenvalue weighted by atomic mass is 10.3. The van der Waals surface area contributed by atoms with Gasteiger partial charge < -0.3 is 19.2 Å². The van der Waals surface area contributed by atoms with Crippen LogP contribution in [-0.4, -0.2) is 35.1 Å². The van der Waals surface area contributed by atoms with Crippen LogP contribution in [0.3, 0.4) is 0 Å². The van der Waals surface area contributed by atoms with Crippen LogP contribution in [0.2, 0.25) is 0 Å². The molecule has 7 heteroatoms. The molecule has 0 unspecified atom stereocenters. The van der Waals surface area contributed by atoms with E-state index in [1.165, 1.54) is 0 Å². The third-order valence-electron chi connectivity index (χ3n) is 3.64. The number of halogens is 2. The van der Waals surface area contributed by atoms with E-state index in [0.717, 1.165) is 41.6 Å². The van der Waals surface area contributed by atoms with Crippen molar-refractivity contribution in [3.63, 3.8) is 0 Å². The molecule has 0 atom stereocenters. The molecule has 0 radical (unpaired) electrons. The maximum Gasteiger partial charge on any atom is 0.204 e. The molecule has 0 aliphatic carbocycles. The highest BCUT2D eigenvalue weighted by Crippen LogP contribution is 2.20. The van der Waals surface area contributed by atoms with Gasteiger partial charge in [-0.2, -0.15) is 0 Å². The van der Waals surface area contributed by atoms with Gasteiger partial charge in [0.05, 0.1) is 17.6 Å². The summed E-state index contributed by atoms with van der Waals surface area (Å²) in [5.74, 6) is 2.73. The van der Waals surface area contributed by atoms with E-state index < -0.39 is 0 Å². The first-order valence-electron chi connectivity index (χ1n) is 7.52. The number of fused-ring (bicyclic) bond motifs is 1. The highest BCUT2D eigenvalue weighted by Gasteiger charge is 2.10. The number of aryl methyl sites for hydroxylation is 1. The number of benzene rings is 1. The summed E-state index contributed by atoms with van der Waals surface area (Å²) in [6.07, 6.45) is 0. The molecule has 1 aromatic carbocycles. The number of para-hydroxylation sites is 2. The van der Waals surface area contributed by atoms with Crippen LogP contribution in [-0.2, 0) is 13.1 Å². The summed E-state index contributed by atoms with van der Waals surface area (Å²) in [6, 6.07) is 12.2. The van der Waals surface area contributed by atoms with Gasteiger partial charge in [-0.3, -0.25) is 0 Å². The summed E-state index contributed by atoms with van der Waals surface area (Å²) in [5, 5.41) is 3.40. The predicted octanol–water partition coefficient (Wildman–Crippen LogP) is 3.96. The fourth-order valence-corrected chi connectivity index (χ4v) is 2.48. The molecule has 0 saturated carbocycles. The third kappa shape index (κ3) is 4.66.